The van der Waals surface area contributed by atoms with Crippen molar-refractivity contribution in [3.8, 4) is 0 Å². The largest absolute Gasteiger partial charge is 0.320 e. The molecule has 0 aliphatic rings. The quantitative estimate of drug-likeness (QED) is 0.755. The molecule has 0 aromatic heterocycles. The van der Waals surface area contributed by atoms with Gasteiger partial charge in [-0.1, -0.05) is 0 Å². The molecule has 0 saturated heterocycles. The molecular formula is C11H16FNOS. The standard InChI is InChI=1S/C11H16FNOS/c1-13-8-2-3-9-15(14)11-6-4-10(12)5-7-11/h4-7,13H,2-3,8-9H2,1H3. The van der Waals surface area contributed by atoms with Crippen LogP contribution in [0.3, 0.4) is 0 Å². The van der Waals surface area contributed by atoms with Crippen molar-refractivity contribution in [2.45, 2.75) is 17.7 Å². The first-order chi connectivity index (χ1) is 7.24. The van der Waals surface area contributed by atoms with Gasteiger partial charge < -0.3 is 5.32 Å². The summed E-state index contributed by atoms with van der Waals surface area (Å²) < 4.78 is 24.3. The van der Waals surface area contributed by atoms with Crippen molar-refractivity contribution in [1.29, 1.82) is 0 Å². The first kappa shape index (κ1) is 12.3. The first-order valence-corrected chi connectivity index (χ1v) is 6.34. The fourth-order valence-corrected chi connectivity index (χ4v) is 2.38. The topological polar surface area (TPSA) is 29.1 Å². The third-order valence-corrected chi connectivity index (χ3v) is 3.54. The summed E-state index contributed by atoms with van der Waals surface area (Å²) >= 11 is 0. The summed E-state index contributed by atoms with van der Waals surface area (Å²) in [6.07, 6.45) is 1.94. The van der Waals surface area contributed by atoms with E-state index >= 15 is 0 Å². The molecule has 1 aromatic carbocycles. The van der Waals surface area contributed by atoms with Gasteiger partial charge in [-0.15, -0.1) is 0 Å². The lowest BCUT2D eigenvalue weighted by molar-refractivity contribution is 0.626. The number of benzene rings is 1. The summed E-state index contributed by atoms with van der Waals surface area (Å²) in [5.41, 5.74) is 0. The molecule has 0 bridgehead atoms. The molecule has 1 aromatic rings. The first-order valence-electron chi connectivity index (χ1n) is 5.02. The van der Waals surface area contributed by atoms with Crippen LogP contribution in [0.4, 0.5) is 4.39 Å². The van der Waals surface area contributed by atoms with Gasteiger partial charge in [0.2, 0.25) is 0 Å². The monoisotopic (exact) mass is 229 g/mol. The minimum atomic E-state index is -0.990. The van der Waals surface area contributed by atoms with Crippen LogP contribution in [0.5, 0.6) is 0 Å². The van der Waals surface area contributed by atoms with E-state index in [0.29, 0.717) is 10.6 Å². The molecule has 0 saturated carbocycles. The smallest absolute Gasteiger partial charge is 0.123 e. The van der Waals surface area contributed by atoms with Crippen molar-refractivity contribution in [1.82, 2.24) is 5.32 Å². The second-order valence-electron chi connectivity index (χ2n) is 3.31. The maximum absolute atomic E-state index is 12.6. The van der Waals surface area contributed by atoms with Gasteiger partial charge in [0.1, 0.15) is 5.82 Å². The van der Waals surface area contributed by atoms with Gasteiger partial charge in [0.25, 0.3) is 0 Å². The lowest BCUT2D eigenvalue weighted by Crippen LogP contribution is -2.09. The molecule has 2 nitrogen and oxygen atoms in total. The van der Waals surface area contributed by atoms with Crippen molar-refractivity contribution in [2.75, 3.05) is 19.3 Å². The Labute approximate surface area is 92.3 Å². The molecule has 0 aliphatic carbocycles. The van der Waals surface area contributed by atoms with E-state index in [1.165, 1.54) is 12.1 Å². The van der Waals surface area contributed by atoms with Crippen LogP contribution in [0.2, 0.25) is 0 Å². The van der Waals surface area contributed by atoms with E-state index in [2.05, 4.69) is 5.32 Å². The van der Waals surface area contributed by atoms with Gasteiger partial charge in [-0.2, -0.15) is 0 Å². The van der Waals surface area contributed by atoms with Crippen molar-refractivity contribution in [3.05, 3.63) is 30.1 Å². The van der Waals surface area contributed by atoms with E-state index < -0.39 is 10.8 Å². The Morgan fingerprint density at radius 3 is 2.53 bits per heavy atom. The zero-order valence-corrected chi connectivity index (χ0v) is 9.65. The van der Waals surface area contributed by atoms with Gasteiger partial charge >= 0.3 is 0 Å². The van der Waals surface area contributed by atoms with Gasteiger partial charge in [-0.05, 0) is 50.7 Å². The molecule has 1 rings (SSSR count). The van der Waals surface area contributed by atoms with Crippen LogP contribution in [-0.2, 0) is 10.8 Å². The summed E-state index contributed by atoms with van der Waals surface area (Å²) in [6, 6.07) is 5.87. The highest BCUT2D eigenvalue weighted by Crippen LogP contribution is 2.09. The summed E-state index contributed by atoms with van der Waals surface area (Å²) in [4.78, 5) is 0.709. The molecule has 0 aliphatic heterocycles. The number of rotatable bonds is 6. The number of hydrogen-bond acceptors (Lipinski definition) is 2. The highest BCUT2D eigenvalue weighted by Gasteiger charge is 2.03. The van der Waals surface area contributed by atoms with Crippen molar-refractivity contribution in [3.63, 3.8) is 0 Å². The number of hydrogen-bond donors (Lipinski definition) is 1. The Balaban J connectivity index is 2.37. The SMILES string of the molecule is CNCCCCS(=O)c1ccc(F)cc1. The summed E-state index contributed by atoms with van der Waals surface area (Å²) in [7, 11) is 0.910. The van der Waals surface area contributed by atoms with Crippen LogP contribution in [0, 0.1) is 5.82 Å². The predicted molar refractivity (Wildman–Crippen MR) is 60.8 cm³/mol. The number of halogens is 1. The second kappa shape index (κ2) is 6.69. The van der Waals surface area contributed by atoms with Gasteiger partial charge in [-0.25, -0.2) is 4.39 Å². The summed E-state index contributed by atoms with van der Waals surface area (Å²) in [5, 5.41) is 3.04. The Bertz CT molecular complexity index is 313. The van der Waals surface area contributed by atoms with Crippen LogP contribution in [0.15, 0.2) is 29.2 Å². The molecule has 0 radical (unpaired) electrons. The fraction of sp³-hybridized carbons (Fsp3) is 0.455. The Kier molecular flexibility index (Phi) is 5.50. The third kappa shape index (κ3) is 4.53. The molecule has 1 unspecified atom stereocenters. The van der Waals surface area contributed by atoms with Gasteiger partial charge in [0.05, 0.1) is 10.8 Å². The lowest BCUT2D eigenvalue weighted by Gasteiger charge is -2.02. The average molecular weight is 229 g/mol. The molecule has 1 atom stereocenters. The van der Waals surface area contributed by atoms with Crippen LogP contribution in [0.1, 0.15) is 12.8 Å². The zero-order valence-electron chi connectivity index (χ0n) is 8.83. The Morgan fingerprint density at radius 1 is 1.27 bits per heavy atom. The van der Waals surface area contributed by atoms with Gasteiger partial charge in [0, 0.05) is 10.6 Å². The van der Waals surface area contributed by atoms with Crippen molar-refractivity contribution in [2.24, 2.45) is 0 Å². The zero-order chi connectivity index (χ0) is 11.1. The minimum absolute atomic E-state index is 0.286. The van der Waals surface area contributed by atoms with Crippen molar-refractivity contribution >= 4 is 10.8 Å². The van der Waals surface area contributed by atoms with E-state index in [-0.39, 0.29) is 5.82 Å². The minimum Gasteiger partial charge on any atom is -0.320 e. The third-order valence-electron chi connectivity index (χ3n) is 2.08. The molecule has 4 heteroatoms. The molecule has 0 amide bonds. The van der Waals surface area contributed by atoms with E-state index in [9.17, 15) is 8.60 Å². The normalized spacial score (nSPS) is 12.7. The maximum atomic E-state index is 12.6. The van der Waals surface area contributed by atoms with Crippen LogP contribution < -0.4 is 5.32 Å². The van der Waals surface area contributed by atoms with Gasteiger partial charge in [-0.3, -0.25) is 4.21 Å². The number of nitrogens with one attached hydrogen (secondary N) is 1. The van der Waals surface area contributed by atoms with E-state index in [1.54, 1.807) is 12.1 Å². The van der Waals surface area contributed by atoms with E-state index in [0.717, 1.165) is 19.4 Å². The molecule has 15 heavy (non-hydrogen) atoms. The lowest BCUT2D eigenvalue weighted by atomic mass is 10.3. The van der Waals surface area contributed by atoms with Crippen LogP contribution in [-0.4, -0.2) is 23.6 Å². The average Bonchev–Trinajstić information content (AvgIpc) is 2.25. The highest BCUT2D eigenvalue weighted by molar-refractivity contribution is 7.85. The van der Waals surface area contributed by atoms with Crippen LogP contribution >= 0.6 is 0 Å². The van der Waals surface area contributed by atoms with Crippen LogP contribution in [0.25, 0.3) is 0 Å². The van der Waals surface area contributed by atoms with Gasteiger partial charge in [0.15, 0.2) is 0 Å². The molecular weight excluding hydrogens is 213 g/mol. The molecule has 84 valence electrons. The molecule has 0 spiro atoms. The molecule has 1 N–H and O–H groups in total. The fourth-order valence-electron chi connectivity index (χ4n) is 1.24. The Hall–Kier alpha value is -0.740. The second-order valence-corrected chi connectivity index (χ2v) is 4.88. The molecule has 0 heterocycles. The molecule has 0 fully saturated rings. The number of unbranched alkanes of at least 4 members (excludes halogenated alkanes) is 1. The summed E-state index contributed by atoms with van der Waals surface area (Å²) in [5.74, 6) is 0.360. The maximum Gasteiger partial charge on any atom is 0.123 e. The highest BCUT2D eigenvalue weighted by atomic mass is 32.2. The van der Waals surface area contributed by atoms with Crippen molar-refractivity contribution < 1.29 is 8.60 Å². The Morgan fingerprint density at radius 2 is 1.93 bits per heavy atom. The van der Waals surface area contributed by atoms with E-state index in [1.807, 2.05) is 7.05 Å². The summed E-state index contributed by atoms with van der Waals surface area (Å²) in [6.45, 7) is 0.945. The predicted octanol–water partition coefficient (Wildman–Crippen LogP) is 1.93. The van der Waals surface area contributed by atoms with E-state index in [4.69, 9.17) is 0 Å².